The van der Waals surface area contributed by atoms with Crippen molar-refractivity contribution in [1.82, 2.24) is 30.3 Å². The molecule has 212 valence electrons. The van der Waals surface area contributed by atoms with Gasteiger partial charge in [0.05, 0.1) is 5.69 Å². The first-order valence-corrected chi connectivity index (χ1v) is 13.8. The molecule has 3 aliphatic carbocycles. The molecule has 40 heavy (non-hydrogen) atoms. The van der Waals surface area contributed by atoms with E-state index in [-0.39, 0.29) is 48.3 Å². The number of aryl methyl sites for hydroxylation is 2. The topological polar surface area (TPSA) is 118 Å². The Labute approximate surface area is 229 Å². The van der Waals surface area contributed by atoms with Crippen LogP contribution in [-0.4, -0.2) is 48.7 Å². The van der Waals surface area contributed by atoms with Crippen LogP contribution in [0.1, 0.15) is 60.4 Å². The number of nitrogens with one attached hydrogen (secondary N) is 3. The zero-order valence-corrected chi connectivity index (χ0v) is 22.4. The number of carbonyl (C=O) groups excluding carboxylic acids is 2. The lowest BCUT2D eigenvalue weighted by atomic mass is 9.81. The van der Waals surface area contributed by atoms with Crippen LogP contribution in [0.3, 0.4) is 0 Å². The molecule has 3 aromatic rings. The zero-order valence-electron chi connectivity index (χ0n) is 22.4. The van der Waals surface area contributed by atoms with Gasteiger partial charge in [-0.05, 0) is 81.4 Å². The molecule has 3 aliphatic rings. The predicted molar refractivity (Wildman–Crippen MR) is 140 cm³/mol. The highest BCUT2D eigenvalue weighted by Crippen LogP contribution is 2.51. The van der Waals surface area contributed by atoms with Crippen molar-refractivity contribution in [2.24, 2.45) is 23.7 Å². The first-order valence-electron chi connectivity index (χ1n) is 13.8. The van der Waals surface area contributed by atoms with Crippen molar-refractivity contribution in [3.63, 3.8) is 0 Å². The molecule has 1 atom stereocenters. The van der Waals surface area contributed by atoms with Crippen molar-refractivity contribution < 1.29 is 22.8 Å². The number of aromatic amines is 1. The van der Waals surface area contributed by atoms with Gasteiger partial charge in [0.2, 0.25) is 17.8 Å². The summed E-state index contributed by atoms with van der Waals surface area (Å²) in [7, 11) is 0. The summed E-state index contributed by atoms with van der Waals surface area (Å²) >= 11 is 0. The Morgan fingerprint density at radius 1 is 1.12 bits per heavy atom. The molecule has 0 aliphatic heterocycles. The predicted octanol–water partition coefficient (Wildman–Crippen LogP) is 4.64. The quantitative estimate of drug-likeness (QED) is 0.315. The minimum atomic E-state index is -2.66. The SMILES string of the molecule is Cc1n[nH]c(C)c1-c1ccc(NC(=O)C(NC(=O)c2ccnn2CC2CC(F)(F)C2)C(C2CC2)C2CC2)nc1F. The smallest absolute Gasteiger partial charge is 0.270 e. The number of rotatable bonds is 10. The molecule has 0 bridgehead atoms. The zero-order chi connectivity index (χ0) is 28.2. The van der Waals surface area contributed by atoms with Crippen molar-refractivity contribution in [2.45, 2.75) is 70.9 Å². The fraction of sp³-hybridized carbons (Fsp3) is 0.536. The summed E-state index contributed by atoms with van der Waals surface area (Å²) in [6, 6.07) is 3.76. The number of nitrogens with zero attached hydrogens (tertiary/aromatic N) is 4. The van der Waals surface area contributed by atoms with Crippen molar-refractivity contribution >= 4 is 17.6 Å². The number of aromatic nitrogens is 5. The molecule has 3 fully saturated rings. The number of H-pyrrole nitrogens is 1. The Hall–Kier alpha value is -3.70. The second kappa shape index (κ2) is 10.0. The van der Waals surface area contributed by atoms with Crippen LogP contribution in [-0.2, 0) is 11.3 Å². The largest absolute Gasteiger partial charge is 0.339 e. The average molecular weight is 556 g/mol. The molecule has 9 nitrogen and oxygen atoms in total. The molecule has 3 heterocycles. The molecule has 1 unspecified atom stereocenters. The molecule has 0 aromatic carbocycles. The van der Waals surface area contributed by atoms with E-state index in [1.54, 1.807) is 19.9 Å². The Balaban J connectivity index is 1.20. The van der Waals surface area contributed by atoms with Gasteiger partial charge in [0, 0.05) is 42.4 Å². The van der Waals surface area contributed by atoms with Crippen molar-refractivity contribution in [2.75, 3.05) is 5.32 Å². The number of alkyl halides is 2. The van der Waals surface area contributed by atoms with E-state index in [1.807, 2.05) is 0 Å². The highest BCUT2D eigenvalue weighted by Gasteiger charge is 2.49. The Kier molecular flexibility index (Phi) is 6.66. The highest BCUT2D eigenvalue weighted by atomic mass is 19.3. The summed E-state index contributed by atoms with van der Waals surface area (Å²) in [5, 5.41) is 16.7. The van der Waals surface area contributed by atoms with Crippen LogP contribution >= 0.6 is 0 Å². The number of pyridine rings is 1. The maximum Gasteiger partial charge on any atom is 0.270 e. The lowest BCUT2D eigenvalue weighted by molar-refractivity contribution is -0.119. The molecule has 0 spiro atoms. The van der Waals surface area contributed by atoms with Crippen LogP contribution in [0.4, 0.5) is 19.0 Å². The monoisotopic (exact) mass is 555 g/mol. The highest BCUT2D eigenvalue weighted by molar-refractivity contribution is 6.00. The van der Waals surface area contributed by atoms with Gasteiger partial charge in [-0.1, -0.05) is 0 Å². The summed E-state index contributed by atoms with van der Waals surface area (Å²) in [6.45, 7) is 3.77. The van der Waals surface area contributed by atoms with Gasteiger partial charge >= 0.3 is 0 Å². The second-order valence-electron chi connectivity index (χ2n) is 11.6. The molecule has 3 saturated carbocycles. The Morgan fingerprint density at radius 3 is 2.40 bits per heavy atom. The van der Waals surface area contributed by atoms with Crippen LogP contribution in [0, 0.1) is 43.5 Å². The first-order chi connectivity index (χ1) is 19.1. The lowest BCUT2D eigenvalue weighted by Crippen LogP contribution is -2.50. The van der Waals surface area contributed by atoms with Gasteiger partial charge in [-0.15, -0.1) is 0 Å². The summed E-state index contributed by atoms with van der Waals surface area (Å²) in [5.74, 6) is -3.96. The Bertz CT molecular complexity index is 1400. The minimum absolute atomic E-state index is 0.0468. The van der Waals surface area contributed by atoms with Gasteiger partial charge in [-0.2, -0.15) is 14.6 Å². The van der Waals surface area contributed by atoms with E-state index in [0.717, 1.165) is 25.7 Å². The number of anilines is 1. The van der Waals surface area contributed by atoms with E-state index >= 15 is 4.39 Å². The number of carbonyl (C=O) groups is 2. The minimum Gasteiger partial charge on any atom is -0.339 e. The van der Waals surface area contributed by atoms with Crippen molar-refractivity contribution in [1.29, 1.82) is 0 Å². The molecule has 6 rings (SSSR count). The van der Waals surface area contributed by atoms with Crippen LogP contribution in [0.5, 0.6) is 0 Å². The van der Waals surface area contributed by atoms with Gasteiger partial charge in [-0.25, -0.2) is 13.8 Å². The maximum atomic E-state index is 15.1. The van der Waals surface area contributed by atoms with E-state index < -0.39 is 29.7 Å². The van der Waals surface area contributed by atoms with E-state index in [0.29, 0.717) is 28.8 Å². The molecule has 0 radical (unpaired) electrons. The first kappa shape index (κ1) is 26.5. The fourth-order valence-corrected chi connectivity index (χ4v) is 6.11. The summed E-state index contributed by atoms with van der Waals surface area (Å²) < 4.78 is 43.2. The van der Waals surface area contributed by atoms with Gasteiger partial charge < -0.3 is 10.6 Å². The summed E-state index contributed by atoms with van der Waals surface area (Å²) in [6.07, 6.45) is 4.94. The van der Waals surface area contributed by atoms with E-state index in [1.165, 1.54) is 23.0 Å². The summed E-state index contributed by atoms with van der Waals surface area (Å²) in [5.41, 5.74) is 2.47. The molecule has 12 heteroatoms. The van der Waals surface area contributed by atoms with Crippen LogP contribution in [0.2, 0.25) is 0 Å². The number of hydrogen-bond acceptors (Lipinski definition) is 5. The third-order valence-electron chi connectivity index (χ3n) is 8.34. The molecular weight excluding hydrogens is 523 g/mol. The standard InChI is InChI=1S/C28H32F3N7O2/c1-14-22(15(2)37-36-14)19-7-8-21(33-25(19)29)34-27(40)24(23(17-3-4-17)18-5-6-18)35-26(39)20-9-10-32-38(20)13-16-11-28(30,31)12-16/h7-10,16-18,23-24H,3-6,11-13H2,1-2H3,(H,35,39)(H,36,37)(H,33,34,40). The maximum absolute atomic E-state index is 15.1. The van der Waals surface area contributed by atoms with E-state index in [2.05, 4.69) is 30.9 Å². The molecule has 0 saturated heterocycles. The van der Waals surface area contributed by atoms with Crippen LogP contribution < -0.4 is 10.6 Å². The van der Waals surface area contributed by atoms with Crippen LogP contribution in [0.25, 0.3) is 11.1 Å². The van der Waals surface area contributed by atoms with Gasteiger partial charge in [0.25, 0.3) is 5.91 Å². The average Bonchev–Trinajstić information content (AvgIpc) is 3.81. The molecule has 2 amide bonds. The number of halogens is 3. The van der Waals surface area contributed by atoms with Crippen molar-refractivity contribution in [3.05, 3.63) is 47.4 Å². The normalized spacial score (nSPS) is 19.4. The van der Waals surface area contributed by atoms with E-state index in [9.17, 15) is 18.4 Å². The van der Waals surface area contributed by atoms with Crippen molar-refractivity contribution in [3.8, 4) is 11.1 Å². The number of hydrogen-bond donors (Lipinski definition) is 3. The third-order valence-corrected chi connectivity index (χ3v) is 8.34. The third kappa shape index (κ3) is 5.35. The summed E-state index contributed by atoms with van der Waals surface area (Å²) in [4.78, 5) is 31.0. The van der Waals surface area contributed by atoms with E-state index in [4.69, 9.17) is 0 Å². The lowest BCUT2D eigenvalue weighted by Gasteiger charge is -2.35. The fourth-order valence-electron chi connectivity index (χ4n) is 6.11. The second-order valence-corrected chi connectivity index (χ2v) is 11.6. The van der Waals surface area contributed by atoms with Crippen LogP contribution in [0.15, 0.2) is 24.4 Å². The van der Waals surface area contributed by atoms with Gasteiger partial charge in [-0.3, -0.25) is 19.4 Å². The number of amides is 2. The Morgan fingerprint density at radius 2 is 1.82 bits per heavy atom. The van der Waals surface area contributed by atoms with Gasteiger partial charge in [0.1, 0.15) is 17.6 Å². The molecule has 3 N–H and O–H groups in total. The van der Waals surface area contributed by atoms with Gasteiger partial charge in [0.15, 0.2) is 0 Å². The molecule has 3 aromatic heterocycles. The molecular formula is C28H32F3N7O2.